The number of rotatable bonds is 2. The fraction of sp³-hybridized carbons (Fsp3) is 0.500. The van der Waals surface area contributed by atoms with E-state index in [0.29, 0.717) is 0 Å². The van der Waals surface area contributed by atoms with Crippen LogP contribution in [0.25, 0.3) is 0 Å². The van der Waals surface area contributed by atoms with E-state index in [0.717, 1.165) is 6.07 Å². The van der Waals surface area contributed by atoms with Crippen LogP contribution >= 0.6 is 7.49 Å². The van der Waals surface area contributed by atoms with E-state index in [2.05, 4.69) is 4.18 Å². The van der Waals surface area contributed by atoms with Gasteiger partial charge < -0.3 is 0 Å². The first-order valence-corrected chi connectivity index (χ1v) is 9.85. The number of ether oxygens (including phenoxy) is 1. The third-order valence-electron chi connectivity index (χ3n) is 3.56. The van der Waals surface area contributed by atoms with Crippen LogP contribution in [-0.2, 0) is 10.1 Å². The topological polar surface area (TPSA) is 72.8 Å². The second-order valence-electron chi connectivity index (χ2n) is 6.01. The molecule has 0 aliphatic carbocycles. The Bertz CT molecular complexity index is 696. The van der Waals surface area contributed by atoms with Gasteiger partial charge in [-0.05, 0) is 0 Å². The van der Waals surface area contributed by atoms with Crippen LogP contribution in [0.15, 0.2) is 18.2 Å². The molecule has 1 aromatic carbocycles. The third kappa shape index (κ3) is 2.66. The average molecular weight is 360 g/mol. The zero-order chi connectivity index (χ0) is 17.0. The summed E-state index contributed by atoms with van der Waals surface area (Å²) in [5.41, 5.74) is -5.55. The molecule has 0 atom stereocenters. The van der Waals surface area contributed by atoms with Crippen molar-refractivity contribution >= 4 is 22.9 Å². The SMILES string of the molecule is CC(C)(C)[PH]1(O)COc2cccc(OS(=O)(=O)C(F)(F)F)c21. The van der Waals surface area contributed by atoms with Gasteiger partial charge in [0.25, 0.3) is 0 Å². The Balaban J connectivity index is 2.57. The Kier molecular flexibility index (Phi) is 3.91. The van der Waals surface area contributed by atoms with Gasteiger partial charge in [-0.1, -0.05) is 0 Å². The second kappa shape index (κ2) is 4.97. The molecule has 0 radical (unpaired) electrons. The predicted octanol–water partition coefficient (Wildman–Crippen LogP) is 2.35. The van der Waals surface area contributed by atoms with E-state index in [4.69, 9.17) is 4.74 Å². The Hall–Kier alpha value is -1.05. The van der Waals surface area contributed by atoms with Gasteiger partial charge in [0.15, 0.2) is 0 Å². The summed E-state index contributed by atoms with van der Waals surface area (Å²) in [6.07, 6.45) is -0.0712. The van der Waals surface area contributed by atoms with Gasteiger partial charge in [-0.3, -0.25) is 0 Å². The van der Waals surface area contributed by atoms with Gasteiger partial charge in [-0.15, -0.1) is 0 Å². The molecule has 126 valence electrons. The molecule has 2 rings (SSSR count). The molecule has 0 unspecified atom stereocenters. The maximum atomic E-state index is 12.5. The summed E-state index contributed by atoms with van der Waals surface area (Å²) < 4.78 is 69.5. The van der Waals surface area contributed by atoms with Crippen LogP contribution < -0.4 is 14.2 Å². The molecule has 0 fully saturated rings. The molecule has 0 saturated heterocycles. The molecule has 1 heterocycles. The molecule has 0 saturated carbocycles. The Labute approximate surface area is 126 Å². The van der Waals surface area contributed by atoms with Gasteiger partial charge in [-0.2, -0.15) is 0 Å². The summed E-state index contributed by atoms with van der Waals surface area (Å²) >= 11 is 0. The van der Waals surface area contributed by atoms with Crippen molar-refractivity contribution in [2.24, 2.45) is 0 Å². The quantitative estimate of drug-likeness (QED) is 0.498. The van der Waals surface area contributed by atoms with Crippen molar-refractivity contribution in [2.75, 3.05) is 6.35 Å². The van der Waals surface area contributed by atoms with E-state index in [-0.39, 0.29) is 17.4 Å². The van der Waals surface area contributed by atoms with Gasteiger partial charge >= 0.3 is 126 Å². The van der Waals surface area contributed by atoms with E-state index >= 15 is 0 Å². The van der Waals surface area contributed by atoms with E-state index in [1.807, 2.05) is 0 Å². The number of hydrogen-bond acceptors (Lipinski definition) is 5. The van der Waals surface area contributed by atoms with Crippen LogP contribution in [0.1, 0.15) is 20.8 Å². The molecular weight excluding hydrogens is 344 g/mol. The van der Waals surface area contributed by atoms with Crippen LogP contribution in [0.3, 0.4) is 0 Å². The van der Waals surface area contributed by atoms with Crippen LogP contribution in [0.4, 0.5) is 13.2 Å². The Morgan fingerprint density at radius 2 is 1.86 bits per heavy atom. The molecular formula is C12H16F3O5PS. The van der Waals surface area contributed by atoms with Crippen molar-refractivity contribution < 1.29 is 35.4 Å². The summed E-state index contributed by atoms with van der Waals surface area (Å²) in [4.78, 5) is 10.9. The monoisotopic (exact) mass is 360 g/mol. The zero-order valence-electron chi connectivity index (χ0n) is 12.1. The van der Waals surface area contributed by atoms with E-state index in [1.165, 1.54) is 12.1 Å². The molecule has 0 spiro atoms. The molecule has 1 aliphatic heterocycles. The first-order chi connectivity index (χ1) is 9.80. The van der Waals surface area contributed by atoms with Gasteiger partial charge in [0, 0.05) is 0 Å². The van der Waals surface area contributed by atoms with Crippen LogP contribution in [-0.4, -0.2) is 30.3 Å². The van der Waals surface area contributed by atoms with E-state index in [1.54, 1.807) is 20.8 Å². The fourth-order valence-corrected chi connectivity index (χ4v) is 5.46. The molecule has 1 aromatic rings. The predicted molar refractivity (Wildman–Crippen MR) is 77.5 cm³/mol. The molecule has 10 heteroatoms. The van der Waals surface area contributed by atoms with Crippen molar-refractivity contribution in [1.82, 2.24) is 0 Å². The number of benzene rings is 1. The van der Waals surface area contributed by atoms with E-state index in [9.17, 15) is 26.5 Å². The number of alkyl halides is 3. The summed E-state index contributed by atoms with van der Waals surface area (Å²) in [5, 5.41) is -0.644. The number of fused-ring (bicyclic) bond motifs is 1. The minimum atomic E-state index is -5.81. The second-order valence-corrected chi connectivity index (χ2v) is 11.6. The molecule has 22 heavy (non-hydrogen) atoms. The van der Waals surface area contributed by atoms with Gasteiger partial charge in [0.2, 0.25) is 0 Å². The number of halogens is 3. The molecule has 5 nitrogen and oxygen atoms in total. The number of hydrogen-bond donors (Lipinski definition) is 1. The van der Waals surface area contributed by atoms with Gasteiger partial charge in [-0.25, -0.2) is 0 Å². The van der Waals surface area contributed by atoms with Gasteiger partial charge in [0.1, 0.15) is 0 Å². The molecule has 0 aromatic heterocycles. The van der Waals surface area contributed by atoms with Crippen LogP contribution in [0.2, 0.25) is 0 Å². The van der Waals surface area contributed by atoms with Crippen LogP contribution in [0.5, 0.6) is 11.5 Å². The first-order valence-electron chi connectivity index (χ1n) is 6.29. The molecule has 0 bridgehead atoms. The Morgan fingerprint density at radius 1 is 1.27 bits per heavy atom. The summed E-state index contributed by atoms with van der Waals surface area (Å²) in [6, 6.07) is 3.85. The van der Waals surface area contributed by atoms with Gasteiger partial charge in [0.05, 0.1) is 0 Å². The van der Waals surface area contributed by atoms with Crippen molar-refractivity contribution in [3.8, 4) is 11.5 Å². The molecule has 1 N–H and O–H groups in total. The average Bonchev–Trinajstić information content (AvgIpc) is 2.67. The minimum absolute atomic E-state index is 0.0373. The third-order valence-corrected chi connectivity index (χ3v) is 8.89. The van der Waals surface area contributed by atoms with Crippen molar-refractivity contribution in [1.29, 1.82) is 0 Å². The zero-order valence-corrected chi connectivity index (χ0v) is 13.9. The Morgan fingerprint density at radius 3 is 2.36 bits per heavy atom. The normalized spacial score (nSPS) is 19.2. The first kappa shape index (κ1) is 17.3. The molecule has 0 amide bonds. The fourth-order valence-electron chi connectivity index (χ4n) is 2.12. The van der Waals surface area contributed by atoms with E-state index < -0.39 is 34.0 Å². The standard InChI is InChI=1S/C12H16F3O5PS/c1-11(2,3)21(16)7-19-8-5-4-6-9(10(8)21)20-22(17,18)12(13,14)15/h4-6,16,21H,7H2,1-3H3. The van der Waals surface area contributed by atoms with Crippen molar-refractivity contribution in [3.63, 3.8) is 0 Å². The summed E-state index contributed by atoms with van der Waals surface area (Å²) in [5.74, 6) is -0.379. The molecule has 1 aliphatic rings. The summed E-state index contributed by atoms with van der Waals surface area (Å²) in [6.45, 7) is 5.15. The van der Waals surface area contributed by atoms with Crippen molar-refractivity contribution in [3.05, 3.63) is 18.2 Å². The summed E-state index contributed by atoms with van der Waals surface area (Å²) in [7, 11) is -9.20. The maximum absolute atomic E-state index is 12.5. The van der Waals surface area contributed by atoms with Crippen molar-refractivity contribution in [2.45, 2.75) is 31.4 Å². The van der Waals surface area contributed by atoms with Crippen LogP contribution in [0, 0.1) is 0 Å².